The number of benzene rings is 2. The molecule has 6 heteroatoms. The van der Waals surface area contributed by atoms with E-state index >= 15 is 0 Å². The molecule has 1 aliphatic rings. The second kappa shape index (κ2) is 8.07. The number of anilines is 1. The summed E-state index contributed by atoms with van der Waals surface area (Å²) in [7, 11) is 0. The maximum Gasteiger partial charge on any atom is 0.338 e. The molecule has 0 aliphatic carbocycles. The van der Waals surface area contributed by atoms with E-state index in [1.807, 2.05) is 20.8 Å². The van der Waals surface area contributed by atoms with Crippen LogP contribution in [-0.4, -0.2) is 30.4 Å². The molecule has 0 spiro atoms. The lowest BCUT2D eigenvalue weighted by atomic mass is 9.95. The average Bonchev–Trinajstić information content (AvgIpc) is 3.15. The van der Waals surface area contributed by atoms with Crippen molar-refractivity contribution in [2.24, 2.45) is 5.41 Å². The van der Waals surface area contributed by atoms with Crippen LogP contribution in [0.3, 0.4) is 0 Å². The Bertz CT molecular complexity index is 941. The van der Waals surface area contributed by atoms with Crippen molar-refractivity contribution in [1.29, 1.82) is 0 Å². The Balaban J connectivity index is 1.62. The van der Waals surface area contributed by atoms with E-state index < -0.39 is 17.5 Å². The predicted molar refractivity (Wildman–Crippen MR) is 109 cm³/mol. The van der Waals surface area contributed by atoms with Gasteiger partial charge in [-0.1, -0.05) is 20.8 Å². The molecule has 0 radical (unpaired) electrons. The number of amides is 1. The summed E-state index contributed by atoms with van der Waals surface area (Å²) in [6, 6.07) is 11.7. The first-order chi connectivity index (χ1) is 13.6. The topological polar surface area (TPSA) is 81.7 Å². The van der Waals surface area contributed by atoms with Gasteiger partial charge in [-0.15, -0.1) is 0 Å². The highest BCUT2D eigenvalue weighted by atomic mass is 16.5. The number of carbonyl (C=O) groups excluding carboxylic acids is 3. The van der Waals surface area contributed by atoms with Crippen molar-refractivity contribution < 1.29 is 23.9 Å². The van der Waals surface area contributed by atoms with Crippen molar-refractivity contribution >= 4 is 23.3 Å². The van der Waals surface area contributed by atoms with Crippen molar-refractivity contribution in [1.82, 2.24) is 0 Å². The molecule has 0 saturated heterocycles. The van der Waals surface area contributed by atoms with Gasteiger partial charge in [-0.2, -0.15) is 0 Å². The molecule has 0 fully saturated rings. The van der Waals surface area contributed by atoms with E-state index in [-0.39, 0.29) is 11.7 Å². The number of esters is 1. The highest BCUT2D eigenvalue weighted by Gasteiger charge is 2.23. The minimum Gasteiger partial charge on any atom is -0.493 e. The number of ketones is 1. The Morgan fingerprint density at radius 1 is 1.03 bits per heavy atom. The van der Waals surface area contributed by atoms with Gasteiger partial charge in [0.25, 0.3) is 0 Å². The van der Waals surface area contributed by atoms with Crippen LogP contribution in [0.1, 0.15) is 54.0 Å². The molecular formula is C23H25NO5. The summed E-state index contributed by atoms with van der Waals surface area (Å²) in [6.45, 7) is 7.62. The monoisotopic (exact) mass is 395 g/mol. The first-order valence-electron chi connectivity index (χ1n) is 9.57. The lowest BCUT2D eigenvalue weighted by molar-refractivity contribution is -0.123. The van der Waals surface area contributed by atoms with Crippen molar-refractivity contribution in [3.8, 4) is 5.75 Å². The van der Waals surface area contributed by atoms with Crippen molar-refractivity contribution in [3.05, 3.63) is 59.2 Å². The van der Waals surface area contributed by atoms with Crippen molar-refractivity contribution in [2.45, 2.75) is 40.2 Å². The number of rotatable bonds is 5. The molecule has 0 saturated carbocycles. The second-order valence-electron chi connectivity index (χ2n) is 8.11. The third kappa shape index (κ3) is 4.83. The van der Waals surface area contributed by atoms with E-state index in [4.69, 9.17) is 9.47 Å². The molecule has 29 heavy (non-hydrogen) atoms. The van der Waals surface area contributed by atoms with E-state index in [0.717, 1.165) is 17.7 Å². The van der Waals surface area contributed by atoms with E-state index in [0.29, 0.717) is 23.4 Å². The Morgan fingerprint density at radius 2 is 1.69 bits per heavy atom. The summed E-state index contributed by atoms with van der Waals surface area (Å²) in [6.07, 6.45) is -0.176. The molecule has 1 amide bonds. The maximum atomic E-state index is 12.6. The molecule has 1 N–H and O–H groups in total. The van der Waals surface area contributed by atoms with Gasteiger partial charge in [-0.3, -0.25) is 9.59 Å². The Hall–Kier alpha value is -3.15. The molecule has 152 valence electrons. The van der Waals surface area contributed by atoms with Gasteiger partial charge >= 0.3 is 5.97 Å². The molecule has 6 nitrogen and oxygen atoms in total. The normalized spacial score (nSPS) is 13.8. The van der Waals surface area contributed by atoms with Crippen LogP contribution in [0, 0.1) is 5.41 Å². The highest BCUT2D eigenvalue weighted by Crippen LogP contribution is 2.26. The summed E-state index contributed by atoms with van der Waals surface area (Å²) in [4.78, 5) is 37.0. The van der Waals surface area contributed by atoms with Crippen LogP contribution in [0.2, 0.25) is 0 Å². The smallest absolute Gasteiger partial charge is 0.338 e. The van der Waals surface area contributed by atoms with Crippen LogP contribution < -0.4 is 10.1 Å². The molecule has 1 atom stereocenters. The minimum absolute atomic E-state index is 0.112. The quantitative estimate of drug-likeness (QED) is 0.610. The van der Waals surface area contributed by atoms with E-state index in [1.165, 1.54) is 0 Å². The highest BCUT2D eigenvalue weighted by molar-refractivity contribution is 6.02. The number of fused-ring (bicyclic) bond motifs is 1. The average molecular weight is 395 g/mol. The lowest BCUT2D eigenvalue weighted by Gasteiger charge is -2.18. The predicted octanol–water partition coefficient (Wildman–Crippen LogP) is 4.03. The molecule has 2 aromatic carbocycles. The third-order valence-corrected chi connectivity index (χ3v) is 4.69. The van der Waals surface area contributed by atoms with Crippen LogP contribution in [0.5, 0.6) is 5.75 Å². The number of carbonyl (C=O) groups is 3. The van der Waals surface area contributed by atoms with Crippen LogP contribution >= 0.6 is 0 Å². The first-order valence-corrected chi connectivity index (χ1v) is 9.57. The van der Waals surface area contributed by atoms with Crippen molar-refractivity contribution in [3.63, 3.8) is 0 Å². The zero-order valence-corrected chi connectivity index (χ0v) is 17.1. The number of hydrogen-bond donors (Lipinski definition) is 1. The minimum atomic E-state index is -0.929. The molecule has 1 unspecified atom stereocenters. The molecule has 2 aromatic rings. The van der Waals surface area contributed by atoms with Gasteiger partial charge in [0.05, 0.1) is 12.2 Å². The number of ether oxygens (including phenoxy) is 2. The van der Waals surface area contributed by atoms with Crippen LogP contribution in [0.4, 0.5) is 5.69 Å². The second-order valence-corrected chi connectivity index (χ2v) is 8.11. The van der Waals surface area contributed by atoms with Gasteiger partial charge in [0.2, 0.25) is 11.7 Å². The Morgan fingerprint density at radius 3 is 2.34 bits per heavy atom. The van der Waals surface area contributed by atoms with Gasteiger partial charge in [-0.25, -0.2) is 4.79 Å². The van der Waals surface area contributed by atoms with Gasteiger partial charge in [0, 0.05) is 23.1 Å². The van der Waals surface area contributed by atoms with Gasteiger partial charge in [-0.05, 0) is 55.0 Å². The fourth-order valence-electron chi connectivity index (χ4n) is 2.87. The van der Waals surface area contributed by atoms with E-state index in [1.54, 1.807) is 49.4 Å². The van der Waals surface area contributed by atoms with Crippen LogP contribution in [-0.2, 0) is 16.0 Å². The largest absolute Gasteiger partial charge is 0.493 e. The molecular weight excluding hydrogens is 370 g/mol. The van der Waals surface area contributed by atoms with E-state index in [2.05, 4.69) is 5.32 Å². The fourth-order valence-corrected chi connectivity index (χ4v) is 2.87. The molecule has 3 rings (SSSR count). The molecule has 0 aromatic heterocycles. The van der Waals surface area contributed by atoms with E-state index in [9.17, 15) is 14.4 Å². The molecule has 1 heterocycles. The van der Waals surface area contributed by atoms with Crippen LogP contribution in [0.25, 0.3) is 0 Å². The van der Waals surface area contributed by atoms with Gasteiger partial charge in [0.1, 0.15) is 5.75 Å². The standard InChI is InChI=1S/C23H25NO5/c1-14(29-21(26)17-7-10-19-16(13-17)11-12-28-19)20(25)15-5-8-18(9-6-15)24-22(27)23(2,3)4/h5-10,13-14H,11-12H2,1-4H3,(H,24,27). The fraction of sp³-hybridized carbons (Fsp3) is 0.348. The van der Waals surface area contributed by atoms with Gasteiger partial charge < -0.3 is 14.8 Å². The summed E-state index contributed by atoms with van der Waals surface area (Å²) >= 11 is 0. The number of Topliss-reactive ketones (excluding diaryl/α,β-unsaturated/α-hetero) is 1. The summed E-state index contributed by atoms with van der Waals surface area (Å²) < 4.78 is 10.8. The third-order valence-electron chi connectivity index (χ3n) is 4.69. The first kappa shape index (κ1) is 20.6. The zero-order chi connectivity index (χ0) is 21.2. The summed E-state index contributed by atoms with van der Waals surface area (Å²) in [5.41, 5.74) is 1.86. The maximum absolute atomic E-state index is 12.6. The Labute approximate surface area is 170 Å². The molecule has 1 aliphatic heterocycles. The summed E-state index contributed by atoms with van der Waals surface area (Å²) in [5.74, 6) is -0.186. The number of hydrogen-bond acceptors (Lipinski definition) is 5. The number of nitrogens with one attached hydrogen (secondary N) is 1. The SMILES string of the molecule is CC(OC(=O)c1ccc2c(c1)CCO2)C(=O)c1ccc(NC(=O)C(C)(C)C)cc1. The lowest BCUT2D eigenvalue weighted by Crippen LogP contribution is -2.27. The Kier molecular flexibility index (Phi) is 5.73. The molecule has 0 bridgehead atoms. The van der Waals surface area contributed by atoms with Crippen molar-refractivity contribution in [2.75, 3.05) is 11.9 Å². The van der Waals surface area contributed by atoms with Gasteiger partial charge in [0.15, 0.2) is 6.10 Å². The zero-order valence-electron chi connectivity index (χ0n) is 17.1. The van der Waals surface area contributed by atoms with Crippen LogP contribution in [0.15, 0.2) is 42.5 Å². The summed E-state index contributed by atoms with van der Waals surface area (Å²) in [5, 5.41) is 2.81.